The molecule has 2 aromatic carbocycles. The molecule has 2 aromatic heterocycles. The summed E-state index contributed by atoms with van der Waals surface area (Å²) in [5.41, 5.74) is 6.68. The van der Waals surface area contributed by atoms with E-state index in [2.05, 4.69) is 15.8 Å². The van der Waals surface area contributed by atoms with Gasteiger partial charge in [-0.15, -0.1) is 11.3 Å². The van der Waals surface area contributed by atoms with E-state index >= 15 is 0 Å². The number of carbonyl (C=O) groups is 2. The number of hydrogen-bond acceptors (Lipinski definition) is 5. The van der Waals surface area contributed by atoms with E-state index in [1.54, 1.807) is 18.2 Å². The molecule has 0 bridgehead atoms. The van der Waals surface area contributed by atoms with E-state index in [9.17, 15) is 9.59 Å². The van der Waals surface area contributed by atoms with Gasteiger partial charge in [0.25, 0.3) is 11.8 Å². The summed E-state index contributed by atoms with van der Waals surface area (Å²) in [6.07, 6.45) is 0. The number of hydrazine groups is 1. The van der Waals surface area contributed by atoms with Gasteiger partial charge in [-0.2, -0.15) is 0 Å². The van der Waals surface area contributed by atoms with E-state index in [0.29, 0.717) is 10.6 Å². The van der Waals surface area contributed by atoms with Gasteiger partial charge in [0.15, 0.2) is 12.4 Å². The highest BCUT2D eigenvalue weighted by atomic mass is 32.1. The summed E-state index contributed by atoms with van der Waals surface area (Å²) in [6.45, 7) is -0.195. The van der Waals surface area contributed by atoms with Gasteiger partial charge in [-0.1, -0.05) is 30.3 Å². The van der Waals surface area contributed by atoms with Crippen LogP contribution in [0.3, 0.4) is 0 Å². The van der Waals surface area contributed by atoms with Crippen molar-refractivity contribution in [3.05, 3.63) is 71.6 Å². The molecule has 8 heteroatoms. The average molecular weight is 406 g/mol. The molecule has 0 fully saturated rings. The van der Waals surface area contributed by atoms with Gasteiger partial charge in [0.1, 0.15) is 5.75 Å². The fraction of sp³-hybridized carbons (Fsp3) is 0.0952. The normalized spacial score (nSPS) is 10.7. The van der Waals surface area contributed by atoms with E-state index < -0.39 is 11.8 Å². The molecule has 0 aliphatic rings. The molecule has 0 spiro atoms. The molecule has 2 amide bonds. The SMILES string of the molecule is Cn1c(-c2ccc(C(=O)NNC(=O)COc3ccccc3)s2)nc2ccccc21. The third-order valence-corrected chi connectivity index (χ3v) is 5.35. The highest BCUT2D eigenvalue weighted by molar-refractivity contribution is 7.17. The third-order valence-electron chi connectivity index (χ3n) is 4.27. The fourth-order valence-corrected chi connectivity index (χ4v) is 3.76. The largest absolute Gasteiger partial charge is 0.484 e. The number of imidazole rings is 1. The number of benzene rings is 2. The van der Waals surface area contributed by atoms with Crippen molar-refractivity contribution in [3.8, 4) is 16.5 Å². The Morgan fingerprint density at radius 1 is 1.00 bits per heavy atom. The van der Waals surface area contributed by atoms with Crippen LogP contribution in [-0.2, 0) is 11.8 Å². The Hall–Kier alpha value is -3.65. The third kappa shape index (κ3) is 4.12. The van der Waals surface area contributed by atoms with Crippen LogP contribution in [0.1, 0.15) is 9.67 Å². The van der Waals surface area contributed by atoms with E-state index in [1.807, 2.05) is 60.1 Å². The minimum Gasteiger partial charge on any atom is -0.484 e. The van der Waals surface area contributed by atoms with Gasteiger partial charge in [-0.05, 0) is 36.4 Å². The molecule has 0 radical (unpaired) electrons. The van der Waals surface area contributed by atoms with Crippen molar-refractivity contribution in [1.82, 2.24) is 20.4 Å². The van der Waals surface area contributed by atoms with Gasteiger partial charge in [0.05, 0.1) is 20.8 Å². The van der Waals surface area contributed by atoms with Crippen LogP contribution in [0.5, 0.6) is 5.75 Å². The number of hydrogen-bond donors (Lipinski definition) is 2. The van der Waals surface area contributed by atoms with Crippen LogP contribution in [0.15, 0.2) is 66.7 Å². The molecule has 4 rings (SSSR count). The number of para-hydroxylation sites is 3. The Bertz CT molecular complexity index is 1170. The van der Waals surface area contributed by atoms with E-state index in [0.717, 1.165) is 21.7 Å². The molecular formula is C21H18N4O3S. The summed E-state index contributed by atoms with van der Waals surface area (Å²) >= 11 is 1.31. The van der Waals surface area contributed by atoms with Crippen molar-refractivity contribution >= 4 is 34.2 Å². The summed E-state index contributed by atoms with van der Waals surface area (Å²) in [5.74, 6) is 0.525. The van der Waals surface area contributed by atoms with Crippen LogP contribution in [0.2, 0.25) is 0 Å². The Kier molecular flexibility index (Phi) is 5.26. The molecule has 2 heterocycles. The zero-order valence-electron chi connectivity index (χ0n) is 15.6. The number of rotatable bonds is 5. The second-order valence-corrected chi connectivity index (χ2v) is 7.33. The molecular weight excluding hydrogens is 388 g/mol. The number of aromatic nitrogens is 2. The first kappa shape index (κ1) is 18.7. The number of amides is 2. The van der Waals surface area contributed by atoms with E-state index in [-0.39, 0.29) is 6.61 Å². The Balaban J connectivity index is 1.37. The van der Waals surface area contributed by atoms with Gasteiger partial charge < -0.3 is 9.30 Å². The van der Waals surface area contributed by atoms with Crippen molar-refractivity contribution in [2.45, 2.75) is 0 Å². The van der Waals surface area contributed by atoms with Crippen molar-refractivity contribution in [2.75, 3.05) is 6.61 Å². The summed E-state index contributed by atoms with van der Waals surface area (Å²) < 4.78 is 7.33. The maximum atomic E-state index is 12.3. The molecule has 7 nitrogen and oxygen atoms in total. The number of aryl methyl sites for hydroxylation is 1. The van der Waals surface area contributed by atoms with Crippen molar-refractivity contribution in [3.63, 3.8) is 0 Å². The number of ether oxygens (including phenoxy) is 1. The van der Waals surface area contributed by atoms with Crippen LogP contribution < -0.4 is 15.6 Å². The lowest BCUT2D eigenvalue weighted by Crippen LogP contribution is -2.43. The quantitative estimate of drug-likeness (QED) is 0.499. The van der Waals surface area contributed by atoms with Gasteiger partial charge in [-0.3, -0.25) is 20.4 Å². The zero-order valence-corrected chi connectivity index (χ0v) is 16.4. The number of carbonyl (C=O) groups excluding carboxylic acids is 2. The molecule has 146 valence electrons. The predicted octanol–water partition coefficient (Wildman–Crippen LogP) is 3.14. The maximum absolute atomic E-state index is 12.3. The molecule has 2 N–H and O–H groups in total. The van der Waals surface area contributed by atoms with E-state index in [4.69, 9.17) is 4.74 Å². The number of nitrogens with one attached hydrogen (secondary N) is 2. The van der Waals surface area contributed by atoms with Crippen LogP contribution in [0, 0.1) is 0 Å². The molecule has 0 aliphatic carbocycles. The van der Waals surface area contributed by atoms with Gasteiger partial charge >= 0.3 is 0 Å². The average Bonchev–Trinajstić information content (AvgIpc) is 3.36. The molecule has 0 aliphatic heterocycles. The first-order valence-corrected chi connectivity index (χ1v) is 9.72. The van der Waals surface area contributed by atoms with Crippen molar-refractivity contribution in [2.24, 2.45) is 7.05 Å². The Morgan fingerprint density at radius 3 is 2.55 bits per heavy atom. The summed E-state index contributed by atoms with van der Waals surface area (Å²) in [5, 5.41) is 0. The first-order chi connectivity index (χ1) is 14.1. The minimum absolute atomic E-state index is 0.195. The minimum atomic E-state index is -0.450. The van der Waals surface area contributed by atoms with Crippen LogP contribution in [0.25, 0.3) is 21.7 Å². The highest BCUT2D eigenvalue weighted by Crippen LogP contribution is 2.29. The topological polar surface area (TPSA) is 85.2 Å². The summed E-state index contributed by atoms with van der Waals surface area (Å²) in [7, 11) is 1.94. The lowest BCUT2D eigenvalue weighted by molar-refractivity contribution is -0.123. The Morgan fingerprint density at radius 2 is 1.76 bits per heavy atom. The molecule has 0 saturated carbocycles. The molecule has 0 atom stereocenters. The molecule has 29 heavy (non-hydrogen) atoms. The zero-order chi connectivity index (χ0) is 20.2. The lowest BCUT2D eigenvalue weighted by atomic mass is 10.3. The van der Waals surface area contributed by atoms with Gasteiger partial charge in [-0.25, -0.2) is 4.98 Å². The first-order valence-electron chi connectivity index (χ1n) is 8.90. The van der Waals surface area contributed by atoms with Crippen LogP contribution in [-0.4, -0.2) is 28.0 Å². The second-order valence-electron chi connectivity index (χ2n) is 6.25. The molecule has 0 saturated heterocycles. The monoisotopic (exact) mass is 406 g/mol. The second kappa shape index (κ2) is 8.15. The molecule has 4 aromatic rings. The van der Waals surface area contributed by atoms with Crippen molar-refractivity contribution in [1.29, 1.82) is 0 Å². The fourth-order valence-electron chi connectivity index (χ4n) is 2.84. The smallest absolute Gasteiger partial charge is 0.279 e. The van der Waals surface area contributed by atoms with Crippen LogP contribution in [0.4, 0.5) is 0 Å². The van der Waals surface area contributed by atoms with Gasteiger partial charge in [0.2, 0.25) is 0 Å². The predicted molar refractivity (Wildman–Crippen MR) is 112 cm³/mol. The van der Waals surface area contributed by atoms with Crippen LogP contribution >= 0.6 is 11.3 Å². The number of nitrogens with zero attached hydrogens (tertiary/aromatic N) is 2. The maximum Gasteiger partial charge on any atom is 0.279 e. The van der Waals surface area contributed by atoms with Gasteiger partial charge in [0, 0.05) is 7.05 Å². The summed E-state index contributed by atoms with van der Waals surface area (Å²) in [4.78, 5) is 30.2. The Labute approximate surface area is 170 Å². The highest BCUT2D eigenvalue weighted by Gasteiger charge is 2.15. The summed E-state index contributed by atoms with van der Waals surface area (Å²) in [6, 6.07) is 20.4. The standard InChI is InChI=1S/C21H18N4O3S/c1-25-16-10-6-5-9-15(16)22-20(25)17-11-12-18(29-17)21(27)24-23-19(26)13-28-14-7-3-2-4-8-14/h2-12H,13H2,1H3,(H,23,26)(H,24,27). The number of thiophene rings is 1. The van der Waals surface area contributed by atoms with Crippen molar-refractivity contribution < 1.29 is 14.3 Å². The molecule has 0 unspecified atom stereocenters. The number of fused-ring (bicyclic) bond motifs is 1. The van der Waals surface area contributed by atoms with E-state index in [1.165, 1.54) is 11.3 Å². The lowest BCUT2D eigenvalue weighted by Gasteiger charge is -2.08.